The molecular formula is C26H32N2O4. The summed E-state index contributed by atoms with van der Waals surface area (Å²) in [5.74, 6) is 1.36. The SMILES string of the molecule is COCCOc1ccc(-c2ccc(C3(NC(=O)OC4CN5CCC4CC5)CC3)cc2)cc1. The van der Waals surface area contributed by atoms with E-state index in [4.69, 9.17) is 14.2 Å². The first-order valence-corrected chi connectivity index (χ1v) is 11.7. The van der Waals surface area contributed by atoms with Crippen molar-refractivity contribution < 1.29 is 19.0 Å². The number of amides is 1. The quantitative estimate of drug-likeness (QED) is 0.629. The van der Waals surface area contributed by atoms with E-state index >= 15 is 0 Å². The van der Waals surface area contributed by atoms with Crippen LogP contribution in [0.2, 0.25) is 0 Å². The third-order valence-corrected chi connectivity index (χ3v) is 7.13. The van der Waals surface area contributed by atoms with Crippen LogP contribution in [0.4, 0.5) is 4.79 Å². The second-order valence-corrected chi connectivity index (χ2v) is 9.23. The summed E-state index contributed by atoms with van der Waals surface area (Å²) in [6.07, 6.45) is 3.96. The molecule has 2 aromatic rings. The van der Waals surface area contributed by atoms with Crippen molar-refractivity contribution >= 4 is 6.09 Å². The van der Waals surface area contributed by atoms with E-state index in [1.54, 1.807) is 7.11 Å². The summed E-state index contributed by atoms with van der Waals surface area (Å²) in [5.41, 5.74) is 3.15. The molecule has 4 fully saturated rings. The van der Waals surface area contributed by atoms with E-state index in [1.807, 2.05) is 12.1 Å². The van der Waals surface area contributed by atoms with Crippen molar-refractivity contribution in [3.8, 4) is 16.9 Å². The van der Waals surface area contributed by atoms with Gasteiger partial charge in [-0.25, -0.2) is 4.79 Å². The summed E-state index contributed by atoms with van der Waals surface area (Å²) in [6.45, 7) is 4.29. The average Bonchev–Trinajstić information content (AvgIpc) is 3.61. The summed E-state index contributed by atoms with van der Waals surface area (Å²) in [7, 11) is 1.67. The Morgan fingerprint density at radius 3 is 2.22 bits per heavy atom. The maximum absolute atomic E-state index is 12.7. The van der Waals surface area contributed by atoms with Crippen molar-refractivity contribution in [1.82, 2.24) is 10.2 Å². The molecule has 32 heavy (non-hydrogen) atoms. The highest BCUT2D eigenvalue weighted by molar-refractivity contribution is 5.70. The lowest BCUT2D eigenvalue weighted by Crippen LogP contribution is -2.53. The van der Waals surface area contributed by atoms with Crippen LogP contribution < -0.4 is 10.1 Å². The molecule has 2 aromatic carbocycles. The zero-order valence-corrected chi connectivity index (χ0v) is 18.7. The van der Waals surface area contributed by atoms with E-state index in [-0.39, 0.29) is 17.7 Å². The van der Waals surface area contributed by atoms with E-state index in [2.05, 4.69) is 46.6 Å². The minimum atomic E-state index is -0.275. The molecule has 170 valence electrons. The van der Waals surface area contributed by atoms with Crippen molar-refractivity contribution in [2.24, 2.45) is 5.92 Å². The molecule has 3 aliphatic heterocycles. The summed E-state index contributed by atoms with van der Waals surface area (Å²) >= 11 is 0. The number of carbonyl (C=O) groups is 1. The van der Waals surface area contributed by atoms with E-state index in [9.17, 15) is 4.79 Å². The van der Waals surface area contributed by atoms with Crippen LogP contribution in [0.25, 0.3) is 11.1 Å². The van der Waals surface area contributed by atoms with Gasteiger partial charge in [0.05, 0.1) is 12.1 Å². The van der Waals surface area contributed by atoms with Gasteiger partial charge >= 0.3 is 6.09 Å². The van der Waals surface area contributed by atoms with E-state index < -0.39 is 0 Å². The normalized spacial score (nSPS) is 25.2. The Labute approximate surface area is 189 Å². The van der Waals surface area contributed by atoms with Crippen LogP contribution >= 0.6 is 0 Å². The first-order valence-electron chi connectivity index (χ1n) is 11.7. The van der Waals surface area contributed by atoms with Crippen molar-refractivity contribution in [3.05, 3.63) is 54.1 Å². The van der Waals surface area contributed by atoms with Gasteiger partial charge in [0.1, 0.15) is 18.5 Å². The molecule has 1 aliphatic carbocycles. The molecule has 1 amide bonds. The molecule has 4 aliphatic rings. The van der Waals surface area contributed by atoms with Crippen LogP contribution in [0.5, 0.6) is 5.75 Å². The van der Waals surface area contributed by atoms with Crippen molar-refractivity contribution in [3.63, 3.8) is 0 Å². The van der Waals surface area contributed by atoms with Gasteiger partial charge in [-0.3, -0.25) is 4.90 Å². The summed E-state index contributed by atoms with van der Waals surface area (Å²) in [6, 6.07) is 16.6. The number of hydrogen-bond acceptors (Lipinski definition) is 5. The number of nitrogens with one attached hydrogen (secondary N) is 1. The van der Waals surface area contributed by atoms with Gasteiger partial charge in [-0.15, -0.1) is 0 Å². The number of fused-ring (bicyclic) bond motifs is 3. The van der Waals surface area contributed by atoms with Crippen LogP contribution in [0, 0.1) is 5.92 Å². The lowest BCUT2D eigenvalue weighted by atomic mass is 9.86. The standard InChI is InChI=1S/C26H32N2O4/c1-30-16-17-31-23-8-4-20(5-9-23)19-2-6-22(7-3-19)26(12-13-26)27-25(29)32-24-18-28-14-10-21(24)11-15-28/h2-9,21,24H,10-18H2,1H3,(H,27,29). The lowest BCUT2D eigenvalue weighted by molar-refractivity contribution is -0.0342. The van der Waals surface area contributed by atoms with Gasteiger partial charge in [0.15, 0.2) is 0 Å². The lowest BCUT2D eigenvalue weighted by Gasteiger charge is -2.44. The molecule has 0 radical (unpaired) electrons. The van der Waals surface area contributed by atoms with Crippen LogP contribution in [0.3, 0.4) is 0 Å². The van der Waals surface area contributed by atoms with Crippen LogP contribution in [-0.2, 0) is 15.0 Å². The predicted octanol–water partition coefficient (Wildman–Crippen LogP) is 4.19. The van der Waals surface area contributed by atoms with Gasteiger partial charge in [-0.2, -0.15) is 0 Å². The minimum absolute atomic E-state index is 0.0390. The molecule has 2 bridgehead atoms. The monoisotopic (exact) mass is 436 g/mol. The Bertz CT molecular complexity index is 916. The van der Waals surface area contributed by atoms with Gasteiger partial charge in [0.2, 0.25) is 0 Å². The van der Waals surface area contributed by atoms with Gasteiger partial charge in [0.25, 0.3) is 0 Å². The third kappa shape index (κ3) is 4.62. The average molecular weight is 437 g/mol. The van der Waals surface area contributed by atoms with Crippen molar-refractivity contribution in [2.45, 2.75) is 37.3 Å². The Balaban J connectivity index is 1.18. The number of piperidine rings is 3. The Kier molecular flexibility index (Phi) is 6.07. The number of nitrogens with zero attached hydrogens (tertiary/aromatic N) is 1. The maximum Gasteiger partial charge on any atom is 0.408 e. The Morgan fingerprint density at radius 1 is 1.00 bits per heavy atom. The smallest absolute Gasteiger partial charge is 0.408 e. The number of rotatable bonds is 8. The molecule has 1 unspecified atom stereocenters. The highest BCUT2D eigenvalue weighted by Crippen LogP contribution is 2.46. The van der Waals surface area contributed by atoms with Gasteiger partial charge in [-0.1, -0.05) is 36.4 Å². The number of hydrogen-bond donors (Lipinski definition) is 1. The molecule has 0 spiro atoms. The molecule has 1 N–H and O–H groups in total. The van der Waals surface area contributed by atoms with Crippen LogP contribution in [0.15, 0.2) is 48.5 Å². The summed E-state index contributed by atoms with van der Waals surface area (Å²) in [5, 5.41) is 3.18. The molecule has 1 saturated carbocycles. The molecular weight excluding hydrogens is 404 g/mol. The van der Waals surface area contributed by atoms with Crippen LogP contribution in [-0.4, -0.2) is 57.1 Å². The zero-order chi connectivity index (χ0) is 22.0. The number of methoxy groups -OCH3 is 1. The zero-order valence-electron chi connectivity index (χ0n) is 18.7. The fourth-order valence-electron chi connectivity index (χ4n) is 4.99. The van der Waals surface area contributed by atoms with Gasteiger partial charge in [0, 0.05) is 13.7 Å². The predicted molar refractivity (Wildman–Crippen MR) is 123 cm³/mol. The highest BCUT2D eigenvalue weighted by atomic mass is 16.6. The van der Waals surface area contributed by atoms with E-state index in [0.717, 1.165) is 67.8 Å². The number of carbonyl (C=O) groups excluding carboxylic acids is 1. The van der Waals surface area contributed by atoms with Gasteiger partial charge in [-0.05, 0) is 73.5 Å². The third-order valence-electron chi connectivity index (χ3n) is 7.13. The molecule has 6 nitrogen and oxygen atoms in total. The Morgan fingerprint density at radius 2 is 1.66 bits per heavy atom. The van der Waals surface area contributed by atoms with Crippen LogP contribution in [0.1, 0.15) is 31.2 Å². The molecule has 6 rings (SSSR count). The number of alkyl carbamates (subject to hydrolysis) is 1. The second kappa shape index (κ2) is 9.12. The molecule has 6 heteroatoms. The highest BCUT2D eigenvalue weighted by Gasteiger charge is 2.47. The second-order valence-electron chi connectivity index (χ2n) is 9.23. The first-order chi connectivity index (χ1) is 15.6. The fraction of sp³-hybridized carbons (Fsp3) is 0.500. The first kappa shape index (κ1) is 21.3. The molecule has 3 heterocycles. The molecule has 1 atom stereocenters. The van der Waals surface area contributed by atoms with E-state index in [0.29, 0.717) is 19.1 Å². The van der Waals surface area contributed by atoms with Crippen molar-refractivity contribution in [2.75, 3.05) is 40.0 Å². The minimum Gasteiger partial charge on any atom is -0.491 e. The van der Waals surface area contributed by atoms with E-state index in [1.165, 1.54) is 0 Å². The number of ether oxygens (including phenoxy) is 3. The topological polar surface area (TPSA) is 60.0 Å². The summed E-state index contributed by atoms with van der Waals surface area (Å²) in [4.78, 5) is 15.1. The molecule has 0 aromatic heterocycles. The largest absolute Gasteiger partial charge is 0.491 e. The van der Waals surface area contributed by atoms with Crippen molar-refractivity contribution in [1.29, 1.82) is 0 Å². The van der Waals surface area contributed by atoms with Gasteiger partial charge < -0.3 is 19.5 Å². The number of benzene rings is 2. The summed E-state index contributed by atoms with van der Waals surface area (Å²) < 4.78 is 16.5. The molecule has 3 saturated heterocycles. The fourth-order valence-corrected chi connectivity index (χ4v) is 4.99. The maximum atomic E-state index is 12.7. The Hall–Kier alpha value is -2.57.